The zero-order valence-electron chi connectivity index (χ0n) is 12.2. The first-order valence-electron chi connectivity index (χ1n) is 7.32. The van der Waals surface area contributed by atoms with E-state index in [0.29, 0.717) is 32.6 Å². The lowest BCUT2D eigenvalue weighted by Gasteiger charge is -2.34. The van der Waals surface area contributed by atoms with Gasteiger partial charge in [0.2, 0.25) is 5.91 Å². The zero-order chi connectivity index (χ0) is 15.4. The minimum atomic E-state index is -0.531. The second-order valence-corrected chi connectivity index (χ2v) is 6.37. The Hall–Kier alpha value is -1.92. The molecule has 2 aromatic rings. The summed E-state index contributed by atoms with van der Waals surface area (Å²) in [5.41, 5.74) is 7.10. The van der Waals surface area contributed by atoms with Crippen LogP contribution in [-0.2, 0) is 9.53 Å². The van der Waals surface area contributed by atoms with E-state index >= 15 is 0 Å². The SMILES string of the molecule is NC(=O)C1(CNc2nc(-c3ccccc3)cs2)CCOCC1. The van der Waals surface area contributed by atoms with Crippen LogP contribution in [0.5, 0.6) is 0 Å². The van der Waals surface area contributed by atoms with Gasteiger partial charge in [-0.1, -0.05) is 30.3 Å². The molecule has 1 aliphatic heterocycles. The number of anilines is 1. The normalized spacial score (nSPS) is 17.1. The molecule has 1 aliphatic rings. The molecule has 0 atom stereocenters. The standard InChI is InChI=1S/C16H19N3O2S/c17-14(20)16(6-8-21-9-7-16)11-18-15-19-13(10-22-15)12-4-2-1-3-5-12/h1-5,10H,6-9,11H2,(H2,17,20)(H,18,19). The summed E-state index contributed by atoms with van der Waals surface area (Å²) in [7, 11) is 0. The van der Waals surface area contributed by atoms with E-state index in [1.807, 2.05) is 35.7 Å². The van der Waals surface area contributed by atoms with Gasteiger partial charge in [0.25, 0.3) is 0 Å². The van der Waals surface area contributed by atoms with Crippen molar-refractivity contribution in [2.24, 2.45) is 11.1 Å². The van der Waals surface area contributed by atoms with Crippen molar-refractivity contribution in [3.63, 3.8) is 0 Å². The smallest absolute Gasteiger partial charge is 0.225 e. The van der Waals surface area contributed by atoms with E-state index in [2.05, 4.69) is 10.3 Å². The Kier molecular flexibility index (Phi) is 4.40. The molecule has 5 nitrogen and oxygen atoms in total. The van der Waals surface area contributed by atoms with Crippen molar-refractivity contribution in [2.45, 2.75) is 12.8 Å². The number of nitrogens with one attached hydrogen (secondary N) is 1. The molecule has 0 spiro atoms. The monoisotopic (exact) mass is 317 g/mol. The lowest BCUT2D eigenvalue weighted by atomic mass is 9.79. The Morgan fingerprint density at radius 2 is 2.05 bits per heavy atom. The van der Waals surface area contributed by atoms with E-state index in [1.54, 1.807) is 0 Å². The Morgan fingerprint density at radius 1 is 1.32 bits per heavy atom. The molecule has 0 unspecified atom stereocenters. The highest BCUT2D eigenvalue weighted by atomic mass is 32.1. The number of aromatic nitrogens is 1. The van der Waals surface area contributed by atoms with Gasteiger partial charge in [0.05, 0.1) is 11.1 Å². The zero-order valence-corrected chi connectivity index (χ0v) is 13.1. The van der Waals surface area contributed by atoms with Crippen molar-refractivity contribution >= 4 is 22.4 Å². The summed E-state index contributed by atoms with van der Waals surface area (Å²) in [5.74, 6) is -0.261. The largest absolute Gasteiger partial charge is 0.381 e. The number of benzene rings is 1. The van der Waals surface area contributed by atoms with Crippen LogP contribution in [0.3, 0.4) is 0 Å². The van der Waals surface area contributed by atoms with E-state index in [-0.39, 0.29) is 5.91 Å². The summed E-state index contributed by atoms with van der Waals surface area (Å²) in [4.78, 5) is 16.4. The maximum Gasteiger partial charge on any atom is 0.225 e. The fourth-order valence-electron chi connectivity index (χ4n) is 2.61. The molecule has 0 saturated carbocycles. The Balaban J connectivity index is 1.69. The summed E-state index contributed by atoms with van der Waals surface area (Å²) in [6.07, 6.45) is 1.32. The Labute approximate surface area is 133 Å². The van der Waals surface area contributed by atoms with Gasteiger partial charge in [0.15, 0.2) is 5.13 Å². The number of hydrogen-bond acceptors (Lipinski definition) is 5. The molecular weight excluding hydrogens is 298 g/mol. The molecule has 1 aromatic heterocycles. The van der Waals surface area contributed by atoms with E-state index in [1.165, 1.54) is 11.3 Å². The van der Waals surface area contributed by atoms with Crippen LogP contribution in [0.2, 0.25) is 0 Å². The summed E-state index contributed by atoms with van der Waals surface area (Å²) in [6, 6.07) is 10.0. The van der Waals surface area contributed by atoms with Gasteiger partial charge in [0.1, 0.15) is 0 Å². The van der Waals surface area contributed by atoms with Gasteiger partial charge in [-0.3, -0.25) is 4.79 Å². The lowest BCUT2D eigenvalue weighted by Crippen LogP contribution is -2.46. The summed E-state index contributed by atoms with van der Waals surface area (Å²) < 4.78 is 5.34. The number of ether oxygens (including phenoxy) is 1. The van der Waals surface area contributed by atoms with E-state index in [9.17, 15) is 4.79 Å². The van der Waals surface area contributed by atoms with Gasteiger partial charge in [-0.2, -0.15) is 0 Å². The van der Waals surface area contributed by atoms with Crippen LogP contribution in [0, 0.1) is 5.41 Å². The van der Waals surface area contributed by atoms with E-state index in [0.717, 1.165) is 16.4 Å². The second kappa shape index (κ2) is 6.46. The number of rotatable bonds is 5. The van der Waals surface area contributed by atoms with Crippen molar-refractivity contribution in [3.8, 4) is 11.3 Å². The van der Waals surface area contributed by atoms with Crippen molar-refractivity contribution in [1.29, 1.82) is 0 Å². The fourth-order valence-corrected chi connectivity index (χ4v) is 3.33. The van der Waals surface area contributed by atoms with Crippen molar-refractivity contribution in [1.82, 2.24) is 4.98 Å². The molecule has 0 bridgehead atoms. The molecule has 1 saturated heterocycles. The Bertz CT molecular complexity index is 636. The van der Waals surface area contributed by atoms with Gasteiger partial charge in [-0.05, 0) is 12.8 Å². The summed E-state index contributed by atoms with van der Waals surface area (Å²) in [6.45, 7) is 1.67. The van der Waals surface area contributed by atoms with Crippen LogP contribution in [0.15, 0.2) is 35.7 Å². The van der Waals surface area contributed by atoms with Crippen LogP contribution < -0.4 is 11.1 Å². The number of nitrogens with zero attached hydrogens (tertiary/aromatic N) is 1. The average molecular weight is 317 g/mol. The maximum absolute atomic E-state index is 11.8. The van der Waals surface area contributed by atoms with Crippen LogP contribution >= 0.6 is 11.3 Å². The van der Waals surface area contributed by atoms with Gasteiger partial charge >= 0.3 is 0 Å². The number of amides is 1. The Morgan fingerprint density at radius 3 is 2.73 bits per heavy atom. The second-order valence-electron chi connectivity index (χ2n) is 5.51. The molecule has 3 rings (SSSR count). The molecule has 1 fully saturated rings. The molecule has 1 amide bonds. The number of hydrogen-bond donors (Lipinski definition) is 2. The van der Waals surface area contributed by atoms with Gasteiger partial charge in [-0.15, -0.1) is 11.3 Å². The average Bonchev–Trinajstić information content (AvgIpc) is 3.03. The topological polar surface area (TPSA) is 77.2 Å². The predicted molar refractivity (Wildman–Crippen MR) is 87.7 cm³/mol. The molecule has 3 N–H and O–H groups in total. The number of primary amides is 1. The minimum absolute atomic E-state index is 0.261. The molecule has 0 radical (unpaired) electrons. The molecule has 116 valence electrons. The van der Waals surface area contributed by atoms with Crippen molar-refractivity contribution < 1.29 is 9.53 Å². The number of nitrogens with two attached hydrogens (primary N) is 1. The maximum atomic E-state index is 11.8. The van der Waals surface area contributed by atoms with Gasteiger partial charge in [-0.25, -0.2) is 4.98 Å². The van der Waals surface area contributed by atoms with E-state index < -0.39 is 5.41 Å². The van der Waals surface area contributed by atoms with Crippen molar-refractivity contribution in [2.75, 3.05) is 25.1 Å². The molecule has 22 heavy (non-hydrogen) atoms. The van der Waals surface area contributed by atoms with Gasteiger partial charge < -0.3 is 15.8 Å². The van der Waals surface area contributed by atoms with Crippen LogP contribution in [0.4, 0.5) is 5.13 Å². The number of carbonyl (C=O) groups is 1. The summed E-state index contributed by atoms with van der Waals surface area (Å²) in [5, 5.41) is 6.10. The highest BCUT2D eigenvalue weighted by Crippen LogP contribution is 2.32. The number of thiazole rings is 1. The highest BCUT2D eigenvalue weighted by Gasteiger charge is 2.38. The lowest BCUT2D eigenvalue weighted by molar-refractivity contribution is -0.132. The summed E-state index contributed by atoms with van der Waals surface area (Å²) >= 11 is 1.54. The van der Waals surface area contributed by atoms with E-state index in [4.69, 9.17) is 10.5 Å². The molecule has 1 aromatic carbocycles. The quantitative estimate of drug-likeness (QED) is 0.888. The first kappa shape index (κ1) is 15.0. The number of carbonyl (C=O) groups excluding carboxylic acids is 1. The molecular formula is C16H19N3O2S. The van der Waals surface area contributed by atoms with Crippen LogP contribution in [0.1, 0.15) is 12.8 Å². The minimum Gasteiger partial charge on any atom is -0.381 e. The molecule has 0 aliphatic carbocycles. The third-order valence-electron chi connectivity index (χ3n) is 4.12. The van der Waals surface area contributed by atoms with Crippen molar-refractivity contribution in [3.05, 3.63) is 35.7 Å². The first-order chi connectivity index (χ1) is 10.7. The highest BCUT2D eigenvalue weighted by molar-refractivity contribution is 7.14. The third-order valence-corrected chi connectivity index (χ3v) is 4.92. The molecule has 6 heteroatoms. The van der Waals surface area contributed by atoms with Crippen LogP contribution in [-0.4, -0.2) is 30.6 Å². The molecule has 2 heterocycles. The van der Waals surface area contributed by atoms with Gasteiger partial charge in [0, 0.05) is 30.7 Å². The third kappa shape index (κ3) is 3.13. The van der Waals surface area contributed by atoms with Crippen LogP contribution in [0.25, 0.3) is 11.3 Å². The fraction of sp³-hybridized carbons (Fsp3) is 0.375. The predicted octanol–water partition coefficient (Wildman–Crippen LogP) is 2.50. The first-order valence-corrected chi connectivity index (χ1v) is 8.20.